The molecule has 0 aromatic rings. The number of carbonyl (C=O) groups is 2. The van der Waals surface area contributed by atoms with Crippen LogP contribution in [0.1, 0.15) is 52.9 Å². The SMILES string of the molecule is CC(=O)[C@@]1(O)CCC2C3C=C(Cl)C4=CC(=O)[C@@H]5CC5[C@]4(C)C3CC[C@@]21C. The Hall–Kier alpha value is -0.930. The maximum atomic E-state index is 12.3. The minimum Gasteiger partial charge on any atom is -0.382 e. The molecule has 3 saturated carbocycles. The Morgan fingerprint density at radius 2 is 1.88 bits per heavy atom. The lowest BCUT2D eigenvalue weighted by molar-refractivity contribution is -0.157. The van der Waals surface area contributed by atoms with Gasteiger partial charge in [-0.05, 0) is 74.3 Å². The highest BCUT2D eigenvalue weighted by Crippen LogP contribution is 2.72. The number of halogens is 1. The van der Waals surface area contributed by atoms with Crippen molar-refractivity contribution in [3.8, 4) is 0 Å². The average molecular weight is 375 g/mol. The average Bonchev–Trinajstić information content (AvgIpc) is 3.33. The molecule has 5 rings (SSSR count). The molecule has 0 aromatic carbocycles. The molecule has 0 saturated heterocycles. The van der Waals surface area contributed by atoms with Crippen LogP contribution < -0.4 is 0 Å². The van der Waals surface area contributed by atoms with Crippen molar-refractivity contribution < 1.29 is 14.7 Å². The Morgan fingerprint density at radius 3 is 2.58 bits per heavy atom. The van der Waals surface area contributed by atoms with Gasteiger partial charge in [-0.15, -0.1) is 0 Å². The first-order chi connectivity index (χ1) is 12.1. The van der Waals surface area contributed by atoms with Crippen molar-refractivity contribution in [1.29, 1.82) is 0 Å². The lowest BCUT2D eigenvalue weighted by Crippen LogP contribution is -2.56. The van der Waals surface area contributed by atoms with Crippen LogP contribution in [-0.2, 0) is 9.59 Å². The van der Waals surface area contributed by atoms with Gasteiger partial charge < -0.3 is 5.11 Å². The summed E-state index contributed by atoms with van der Waals surface area (Å²) in [5.74, 6) is 1.78. The number of ketones is 2. The van der Waals surface area contributed by atoms with E-state index in [9.17, 15) is 14.7 Å². The van der Waals surface area contributed by atoms with Gasteiger partial charge in [-0.1, -0.05) is 31.5 Å². The van der Waals surface area contributed by atoms with Crippen molar-refractivity contribution in [1.82, 2.24) is 0 Å². The number of hydrogen-bond donors (Lipinski definition) is 1. The first kappa shape index (κ1) is 17.2. The van der Waals surface area contributed by atoms with Crippen LogP contribution in [0.25, 0.3) is 0 Å². The Labute approximate surface area is 159 Å². The molecule has 26 heavy (non-hydrogen) atoms. The monoisotopic (exact) mass is 374 g/mol. The van der Waals surface area contributed by atoms with Gasteiger partial charge in [0.05, 0.1) is 0 Å². The third-order valence-electron chi connectivity index (χ3n) is 9.23. The molecule has 3 nitrogen and oxygen atoms in total. The number of carbonyl (C=O) groups excluding carboxylic acids is 2. The minimum absolute atomic E-state index is 0.0344. The van der Waals surface area contributed by atoms with E-state index in [1.54, 1.807) is 0 Å². The first-order valence-electron chi connectivity index (χ1n) is 10.0. The first-order valence-corrected chi connectivity index (χ1v) is 10.4. The number of Topliss-reactive ketones (excluding diaryl/α,β-unsaturated/α-hetero) is 1. The van der Waals surface area contributed by atoms with Crippen molar-refractivity contribution in [2.75, 3.05) is 0 Å². The quantitative estimate of drug-likeness (QED) is 0.753. The Bertz CT molecular complexity index is 797. The molecular formula is C22H27ClO3. The number of fused-ring (bicyclic) bond motifs is 7. The van der Waals surface area contributed by atoms with Crippen molar-refractivity contribution in [2.45, 2.75) is 58.5 Å². The number of hydrogen-bond acceptors (Lipinski definition) is 3. The van der Waals surface area contributed by atoms with Crippen LogP contribution in [0.3, 0.4) is 0 Å². The fraction of sp³-hybridized carbons (Fsp3) is 0.727. The summed E-state index contributed by atoms with van der Waals surface area (Å²) in [6, 6.07) is 0. The van der Waals surface area contributed by atoms with Gasteiger partial charge in [0.2, 0.25) is 0 Å². The van der Waals surface area contributed by atoms with E-state index < -0.39 is 5.60 Å². The van der Waals surface area contributed by atoms with Crippen LogP contribution in [0.4, 0.5) is 0 Å². The van der Waals surface area contributed by atoms with Crippen LogP contribution in [0.5, 0.6) is 0 Å². The van der Waals surface area contributed by atoms with Crippen molar-refractivity contribution in [3.63, 3.8) is 0 Å². The molecular weight excluding hydrogens is 348 g/mol. The lowest BCUT2D eigenvalue weighted by atomic mass is 9.47. The fourth-order valence-electron chi connectivity index (χ4n) is 7.56. The van der Waals surface area contributed by atoms with Crippen molar-refractivity contribution in [3.05, 3.63) is 22.8 Å². The molecule has 5 aliphatic carbocycles. The van der Waals surface area contributed by atoms with Crippen LogP contribution >= 0.6 is 11.6 Å². The maximum Gasteiger partial charge on any atom is 0.161 e. The topological polar surface area (TPSA) is 54.4 Å². The molecule has 0 radical (unpaired) electrons. The van der Waals surface area contributed by atoms with Crippen molar-refractivity contribution in [2.24, 2.45) is 40.4 Å². The molecule has 4 heteroatoms. The summed E-state index contributed by atoms with van der Waals surface area (Å²) >= 11 is 6.73. The van der Waals surface area contributed by atoms with E-state index in [2.05, 4.69) is 19.9 Å². The van der Waals surface area contributed by atoms with Gasteiger partial charge in [-0.3, -0.25) is 9.59 Å². The smallest absolute Gasteiger partial charge is 0.161 e. The second kappa shape index (κ2) is 4.91. The van der Waals surface area contributed by atoms with Gasteiger partial charge in [0, 0.05) is 21.8 Å². The highest BCUT2D eigenvalue weighted by Gasteiger charge is 2.69. The zero-order valence-electron chi connectivity index (χ0n) is 15.7. The van der Waals surface area contributed by atoms with Crippen molar-refractivity contribution >= 4 is 23.2 Å². The van der Waals surface area contributed by atoms with E-state index >= 15 is 0 Å². The molecule has 8 atom stereocenters. The fourth-order valence-corrected chi connectivity index (χ4v) is 7.96. The molecule has 0 aliphatic heterocycles. The number of aliphatic hydroxyl groups is 1. The maximum absolute atomic E-state index is 12.3. The Morgan fingerprint density at radius 1 is 1.19 bits per heavy atom. The predicted octanol–water partition coefficient (Wildman–Crippen LogP) is 4.04. The highest BCUT2D eigenvalue weighted by atomic mass is 35.5. The largest absolute Gasteiger partial charge is 0.382 e. The molecule has 0 bridgehead atoms. The van der Waals surface area contributed by atoms with Gasteiger partial charge in [0.15, 0.2) is 11.6 Å². The van der Waals surface area contributed by atoms with Gasteiger partial charge in [-0.2, -0.15) is 0 Å². The third-order valence-corrected chi connectivity index (χ3v) is 9.56. The summed E-state index contributed by atoms with van der Waals surface area (Å²) in [5, 5.41) is 11.9. The molecule has 3 fully saturated rings. The Kier molecular flexibility index (Phi) is 3.25. The normalized spacial score (nSPS) is 54.3. The summed E-state index contributed by atoms with van der Waals surface area (Å²) in [6.07, 6.45) is 8.25. The third kappa shape index (κ3) is 1.75. The van der Waals surface area contributed by atoms with Crippen LogP contribution in [0, 0.1) is 40.4 Å². The highest BCUT2D eigenvalue weighted by molar-refractivity contribution is 6.32. The molecule has 1 N–H and O–H groups in total. The minimum atomic E-state index is -1.20. The molecule has 5 aliphatic rings. The molecule has 0 amide bonds. The molecule has 140 valence electrons. The number of rotatable bonds is 1. The summed E-state index contributed by atoms with van der Waals surface area (Å²) in [6.45, 7) is 5.97. The van der Waals surface area contributed by atoms with E-state index in [1.165, 1.54) is 6.92 Å². The zero-order chi connectivity index (χ0) is 18.6. The van der Waals surface area contributed by atoms with Crippen LogP contribution in [0.2, 0.25) is 0 Å². The van der Waals surface area contributed by atoms with E-state index in [0.717, 1.165) is 36.3 Å². The lowest BCUT2D eigenvalue weighted by Gasteiger charge is -2.57. The molecule has 0 spiro atoms. The second-order valence-electron chi connectivity index (χ2n) is 9.91. The zero-order valence-corrected chi connectivity index (χ0v) is 16.5. The van der Waals surface area contributed by atoms with Crippen LogP contribution in [0.15, 0.2) is 22.8 Å². The van der Waals surface area contributed by atoms with E-state index in [4.69, 9.17) is 11.6 Å². The molecule has 4 unspecified atom stereocenters. The standard InChI is InChI=1S/C22H27ClO3/c1-11(24)22(26)7-5-14-12-9-18(23)17-10-19(25)13-8-16(13)21(17,3)15(12)4-6-20(14,22)2/h9-10,12-16,26H,4-8H2,1-3H3/t12?,13-,14?,15?,16?,20+,21+,22+/m1/s1. The summed E-state index contributed by atoms with van der Waals surface area (Å²) < 4.78 is 0. The molecule has 0 aromatic heterocycles. The predicted molar refractivity (Wildman–Crippen MR) is 99.4 cm³/mol. The van der Waals surface area contributed by atoms with E-state index in [1.807, 2.05) is 6.08 Å². The second-order valence-corrected chi connectivity index (χ2v) is 10.3. The van der Waals surface area contributed by atoms with Gasteiger partial charge in [-0.25, -0.2) is 0 Å². The number of allylic oxidation sites excluding steroid dienone is 4. The summed E-state index contributed by atoms with van der Waals surface area (Å²) in [4.78, 5) is 24.6. The van der Waals surface area contributed by atoms with E-state index in [-0.39, 0.29) is 40.2 Å². The summed E-state index contributed by atoms with van der Waals surface area (Å²) in [7, 11) is 0. The van der Waals surface area contributed by atoms with E-state index in [0.29, 0.717) is 18.3 Å². The van der Waals surface area contributed by atoms with Crippen LogP contribution in [-0.4, -0.2) is 22.3 Å². The van der Waals surface area contributed by atoms with Gasteiger partial charge in [0.25, 0.3) is 0 Å². The summed E-state index contributed by atoms with van der Waals surface area (Å²) in [5.41, 5.74) is -0.566. The molecule has 0 heterocycles. The van der Waals surface area contributed by atoms with Gasteiger partial charge in [0.1, 0.15) is 5.60 Å². The van der Waals surface area contributed by atoms with Gasteiger partial charge >= 0.3 is 0 Å². The Balaban J connectivity index is 1.62.